The normalized spacial score (nSPS) is 11.5. The van der Waals surface area contributed by atoms with E-state index < -0.39 is 0 Å². The Morgan fingerprint density at radius 1 is 0.606 bits per heavy atom. The van der Waals surface area contributed by atoms with E-state index in [9.17, 15) is 0 Å². The number of rotatable bonds is 13. The summed E-state index contributed by atoms with van der Waals surface area (Å²) in [5.41, 5.74) is 9.17. The molecular weight excluding hydrogens is 479 g/mol. The molecule has 176 valence electrons. The van der Waals surface area contributed by atoms with Gasteiger partial charge in [0.2, 0.25) is 0 Å². The lowest BCUT2D eigenvalue weighted by atomic mass is 10.1. The molecular formula is C28H35NS4. The van der Waals surface area contributed by atoms with Gasteiger partial charge >= 0.3 is 0 Å². The molecule has 0 saturated carbocycles. The van der Waals surface area contributed by atoms with Gasteiger partial charge in [0.25, 0.3) is 0 Å². The van der Waals surface area contributed by atoms with Gasteiger partial charge in [-0.25, -0.2) is 0 Å². The first-order chi connectivity index (χ1) is 16.2. The molecule has 0 fully saturated rings. The molecule has 0 bridgehead atoms. The summed E-state index contributed by atoms with van der Waals surface area (Å²) in [7, 11) is 0. The van der Waals surface area contributed by atoms with Crippen molar-refractivity contribution in [3.8, 4) is 29.3 Å². The highest BCUT2D eigenvalue weighted by molar-refractivity contribution is 7.29. The van der Waals surface area contributed by atoms with E-state index in [4.69, 9.17) is 5.73 Å². The van der Waals surface area contributed by atoms with Crippen molar-refractivity contribution in [3.05, 3.63) is 52.9 Å². The summed E-state index contributed by atoms with van der Waals surface area (Å²) in [6.07, 6.45) is 12.8. The Labute approximate surface area is 215 Å². The SMILES string of the molecule is CCCCCCc1ccsc1-c1ccc(-c2ccc(-c3sc(N)cc3CCCCCC)s2)s1. The molecule has 4 heterocycles. The molecule has 0 atom stereocenters. The molecule has 0 aromatic carbocycles. The average molecular weight is 514 g/mol. The highest BCUT2D eigenvalue weighted by Crippen LogP contribution is 2.45. The zero-order chi connectivity index (χ0) is 23.0. The number of nitrogens with two attached hydrogens (primary N) is 1. The Hall–Kier alpha value is -1.40. The van der Waals surface area contributed by atoms with Crippen LogP contribution in [0.4, 0.5) is 5.00 Å². The van der Waals surface area contributed by atoms with Crippen molar-refractivity contribution in [2.24, 2.45) is 0 Å². The lowest BCUT2D eigenvalue weighted by molar-refractivity contribution is 0.668. The number of thiophene rings is 4. The second-order valence-electron chi connectivity index (χ2n) is 8.73. The number of aryl methyl sites for hydroxylation is 2. The van der Waals surface area contributed by atoms with Gasteiger partial charge in [0.05, 0.1) is 5.00 Å². The summed E-state index contributed by atoms with van der Waals surface area (Å²) < 4.78 is 0. The van der Waals surface area contributed by atoms with Crippen molar-refractivity contribution < 1.29 is 0 Å². The Morgan fingerprint density at radius 2 is 1.18 bits per heavy atom. The maximum atomic E-state index is 6.21. The van der Waals surface area contributed by atoms with Gasteiger partial charge in [-0.05, 0) is 78.6 Å². The van der Waals surface area contributed by atoms with E-state index in [-0.39, 0.29) is 0 Å². The lowest BCUT2D eigenvalue weighted by Gasteiger charge is -2.02. The largest absolute Gasteiger partial charge is 0.391 e. The van der Waals surface area contributed by atoms with Crippen molar-refractivity contribution in [2.45, 2.75) is 78.1 Å². The lowest BCUT2D eigenvalue weighted by Crippen LogP contribution is -1.85. The van der Waals surface area contributed by atoms with Gasteiger partial charge in [-0.1, -0.05) is 52.4 Å². The predicted octanol–water partition coefficient (Wildman–Crippen LogP) is 10.8. The molecule has 33 heavy (non-hydrogen) atoms. The van der Waals surface area contributed by atoms with Gasteiger partial charge in [-0.15, -0.1) is 45.3 Å². The smallest absolute Gasteiger partial charge is 0.0865 e. The molecule has 0 unspecified atom stereocenters. The molecule has 0 amide bonds. The van der Waals surface area contributed by atoms with Crippen LogP contribution in [0.1, 0.15) is 76.3 Å². The average Bonchev–Trinajstić information content (AvgIpc) is 3.60. The van der Waals surface area contributed by atoms with Crippen LogP contribution >= 0.6 is 45.3 Å². The number of nitrogen functional groups attached to an aromatic ring is 1. The van der Waals surface area contributed by atoms with Crippen LogP contribution in [-0.4, -0.2) is 0 Å². The van der Waals surface area contributed by atoms with Gasteiger partial charge in [0, 0.05) is 29.3 Å². The third-order valence-corrected chi connectivity index (χ3v) is 10.8. The molecule has 0 radical (unpaired) electrons. The zero-order valence-corrected chi connectivity index (χ0v) is 23.1. The van der Waals surface area contributed by atoms with Crippen LogP contribution in [0.5, 0.6) is 0 Å². The Bertz CT molecular complexity index is 1130. The minimum atomic E-state index is 0.938. The van der Waals surface area contributed by atoms with Gasteiger partial charge in [0.1, 0.15) is 0 Å². The molecule has 4 aromatic heterocycles. The fourth-order valence-electron chi connectivity index (χ4n) is 4.26. The van der Waals surface area contributed by atoms with Crippen molar-refractivity contribution >= 4 is 50.3 Å². The van der Waals surface area contributed by atoms with Crippen LogP contribution in [0.2, 0.25) is 0 Å². The van der Waals surface area contributed by atoms with Gasteiger partial charge in [-0.2, -0.15) is 0 Å². The van der Waals surface area contributed by atoms with E-state index in [1.54, 1.807) is 11.3 Å². The first-order valence-corrected chi connectivity index (χ1v) is 15.7. The summed E-state index contributed by atoms with van der Waals surface area (Å²) in [6, 6.07) is 13.8. The quantitative estimate of drug-likeness (QED) is 0.177. The minimum Gasteiger partial charge on any atom is -0.391 e. The van der Waals surface area contributed by atoms with E-state index in [1.807, 2.05) is 34.0 Å². The number of hydrogen-bond donors (Lipinski definition) is 1. The van der Waals surface area contributed by atoms with E-state index in [0.29, 0.717) is 0 Å². The first kappa shape index (κ1) is 24.7. The van der Waals surface area contributed by atoms with E-state index >= 15 is 0 Å². The van der Waals surface area contributed by atoms with Crippen LogP contribution in [0.15, 0.2) is 41.8 Å². The van der Waals surface area contributed by atoms with Gasteiger partial charge in [-0.3, -0.25) is 0 Å². The molecule has 4 rings (SSSR count). The highest BCUT2D eigenvalue weighted by atomic mass is 32.1. The van der Waals surface area contributed by atoms with Crippen LogP contribution in [0.25, 0.3) is 29.3 Å². The molecule has 5 heteroatoms. The number of anilines is 1. The summed E-state index contributed by atoms with van der Waals surface area (Å²) in [4.78, 5) is 8.37. The summed E-state index contributed by atoms with van der Waals surface area (Å²) in [6.45, 7) is 4.55. The minimum absolute atomic E-state index is 0.938. The fraction of sp³-hybridized carbons (Fsp3) is 0.429. The monoisotopic (exact) mass is 513 g/mol. The maximum Gasteiger partial charge on any atom is 0.0865 e. The third kappa shape index (κ3) is 6.39. The second-order valence-corrected chi connectivity index (χ2v) is 12.9. The molecule has 0 aliphatic carbocycles. The van der Waals surface area contributed by atoms with Gasteiger partial charge < -0.3 is 5.73 Å². The molecule has 2 N–H and O–H groups in total. The van der Waals surface area contributed by atoms with Crippen molar-refractivity contribution in [2.75, 3.05) is 5.73 Å². The molecule has 0 spiro atoms. The molecule has 0 saturated heterocycles. The Morgan fingerprint density at radius 3 is 1.82 bits per heavy atom. The van der Waals surface area contributed by atoms with Crippen LogP contribution in [-0.2, 0) is 12.8 Å². The number of hydrogen-bond acceptors (Lipinski definition) is 5. The summed E-state index contributed by atoms with van der Waals surface area (Å²) >= 11 is 7.49. The first-order valence-electron chi connectivity index (χ1n) is 12.3. The van der Waals surface area contributed by atoms with E-state index in [1.165, 1.54) is 98.2 Å². The number of unbranched alkanes of at least 4 members (excludes halogenated alkanes) is 6. The van der Waals surface area contributed by atoms with Crippen LogP contribution in [0.3, 0.4) is 0 Å². The maximum absolute atomic E-state index is 6.21. The Balaban J connectivity index is 1.48. The third-order valence-electron chi connectivity index (χ3n) is 6.08. The van der Waals surface area contributed by atoms with Gasteiger partial charge in [0.15, 0.2) is 0 Å². The predicted molar refractivity (Wildman–Crippen MR) is 154 cm³/mol. The highest BCUT2D eigenvalue weighted by Gasteiger charge is 2.15. The molecule has 1 nitrogen and oxygen atoms in total. The fourth-order valence-corrected chi connectivity index (χ4v) is 8.61. The van der Waals surface area contributed by atoms with Crippen molar-refractivity contribution in [1.82, 2.24) is 0 Å². The van der Waals surface area contributed by atoms with Crippen molar-refractivity contribution in [1.29, 1.82) is 0 Å². The van der Waals surface area contributed by atoms with Crippen LogP contribution < -0.4 is 5.73 Å². The zero-order valence-electron chi connectivity index (χ0n) is 19.8. The topological polar surface area (TPSA) is 26.0 Å². The molecule has 4 aromatic rings. The van der Waals surface area contributed by atoms with Crippen molar-refractivity contribution in [3.63, 3.8) is 0 Å². The standard InChI is InChI=1S/C28H35NS4/c1-3-5-7-9-11-20-17-18-30-27(20)24-15-13-22(31-24)23-14-16-25(32-23)28-21(19-26(29)33-28)12-10-8-6-4-2/h13-19H,3-12,29H2,1-2H3. The Kier molecular flexibility index (Phi) is 9.25. The summed E-state index contributed by atoms with van der Waals surface area (Å²) in [5.74, 6) is 0. The van der Waals surface area contributed by atoms with Crippen LogP contribution in [0, 0.1) is 0 Å². The van der Waals surface area contributed by atoms with E-state index in [2.05, 4.69) is 55.6 Å². The molecule has 0 aliphatic rings. The summed E-state index contributed by atoms with van der Waals surface area (Å²) in [5, 5.41) is 3.20. The molecule has 0 aliphatic heterocycles. The second kappa shape index (κ2) is 12.3. The van der Waals surface area contributed by atoms with E-state index in [0.717, 1.165) is 11.4 Å².